The maximum absolute atomic E-state index is 12.2. The molecule has 0 saturated carbocycles. The summed E-state index contributed by atoms with van der Waals surface area (Å²) in [6, 6.07) is 20.2. The Balaban J connectivity index is 1.91. The van der Waals surface area contributed by atoms with Crippen molar-refractivity contribution in [3.05, 3.63) is 66.2 Å². The van der Waals surface area contributed by atoms with Crippen LogP contribution in [0.1, 0.15) is 10.4 Å². The quantitative estimate of drug-likeness (QED) is 0.744. The van der Waals surface area contributed by atoms with Crippen molar-refractivity contribution in [2.45, 2.75) is 9.79 Å². The van der Waals surface area contributed by atoms with Crippen LogP contribution in [0.15, 0.2) is 70.5 Å². The summed E-state index contributed by atoms with van der Waals surface area (Å²) in [5.74, 6) is -0.00442. The number of rotatable bonds is 2. The Morgan fingerprint density at radius 1 is 0.850 bits per heavy atom. The molecule has 0 unspecified atom stereocenters. The third-order valence-corrected chi connectivity index (χ3v) is 4.52. The summed E-state index contributed by atoms with van der Waals surface area (Å²) in [7, 11) is 0. The molecule has 1 heterocycles. The van der Waals surface area contributed by atoms with Crippen LogP contribution in [0.3, 0.4) is 0 Å². The lowest BCUT2D eigenvalue weighted by molar-refractivity contribution is 0.102. The normalized spacial score (nSPS) is 12.7. The molecule has 0 atom stereocenters. The van der Waals surface area contributed by atoms with Gasteiger partial charge in [-0.25, -0.2) is 0 Å². The third kappa shape index (κ3) is 1.71. The second-order valence-electron chi connectivity index (χ2n) is 4.71. The Kier molecular flexibility index (Phi) is 2.54. The van der Waals surface area contributed by atoms with Crippen LogP contribution >= 0.6 is 11.8 Å². The van der Waals surface area contributed by atoms with Crippen molar-refractivity contribution in [3.8, 4) is 0 Å². The fourth-order valence-corrected chi connectivity index (χ4v) is 3.56. The molecule has 0 aliphatic carbocycles. The molecule has 96 valence electrons. The van der Waals surface area contributed by atoms with Crippen molar-refractivity contribution in [2.75, 3.05) is 5.32 Å². The van der Waals surface area contributed by atoms with Crippen LogP contribution in [0.25, 0.3) is 10.8 Å². The molecule has 0 aromatic heterocycles. The number of amides is 1. The van der Waals surface area contributed by atoms with Crippen molar-refractivity contribution in [1.82, 2.24) is 0 Å². The Hall–Kier alpha value is -2.26. The van der Waals surface area contributed by atoms with Gasteiger partial charge in [0, 0.05) is 20.9 Å². The van der Waals surface area contributed by atoms with Gasteiger partial charge in [0.15, 0.2) is 0 Å². The molecule has 3 aromatic carbocycles. The zero-order valence-electron chi connectivity index (χ0n) is 10.6. The molecule has 0 saturated heterocycles. The van der Waals surface area contributed by atoms with Crippen LogP contribution in [0.5, 0.6) is 0 Å². The van der Waals surface area contributed by atoms with Crippen LogP contribution in [0.2, 0.25) is 0 Å². The first-order chi connectivity index (χ1) is 9.83. The van der Waals surface area contributed by atoms with Gasteiger partial charge in [-0.2, -0.15) is 0 Å². The summed E-state index contributed by atoms with van der Waals surface area (Å²) in [6.45, 7) is 0. The maximum Gasteiger partial charge on any atom is 0.257 e. The van der Waals surface area contributed by atoms with E-state index >= 15 is 0 Å². The van der Waals surface area contributed by atoms with Gasteiger partial charge in [0.1, 0.15) is 0 Å². The van der Waals surface area contributed by atoms with Gasteiger partial charge in [0.05, 0.1) is 5.56 Å². The van der Waals surface area contributed by atoms with Gasteiger partial charge < -0.3 is 5.32 Å². The number of anilines is 1. The summed E-state index contributed by atoms with van der Waals surface area (Å²) in [5.41, 5.74) is 1.71. The maximum atomic E-state index is 12.2. The van der Waals surface area contributed by atoms with Gasteiger partial charge in [-0.3, -0.25) is 4.79 Å². The lowest BCUT2D eigenvalue weighted by Gasteiger charge is -2.06. The van der Waals surface area contributed by atoms with E-state index in [1.54, 1.807) is 11.8 Å². The lowest BCUT2D eigenvalue weighted by atomic mass is 10.1. The molecule has 0 fully saturated rings. The van der Waals surface area contributed by atoms with Crippen LogP contribution in [0, 0.1) is 0 Å². The van der Waals surface area contributed by atoms with E-state index in [1.807, 2.05) is 42.5 Å². The molecular formula is C17H11NOS. The summed E-state index contributed by atoms with van der Waals surface area (Å²) in [5, 5.41) is 5.09. The van der Waals surface area contributed by atoms with E-state index in [0.717, 1.165) is 31.8 Å². The second kappa shape index (κ2) is 4.39. The molecule has 1 aliphatic heterocycles. The summed E-state index contributed by atoms with van der Waals surface area (Å²) in [6.07, 6.45) is 0. The predicted molar refractivity (Wildman–Crippen MR) is 82.5 cm³/mol. The minimum absolute atomic E-state index is 0.00442. The van der Waals surface area contributed by atoms with Gasteiger partial charge in [-0.1, -0.05) is 48.2 Å². The Morgan fingerprint density at radius 2 is 1.70 bits per heavy atom. The standard InChI is InChI=1S/C17H11NOS/c19-17-16-14(20-12-6-2-1-3-7-12)10-9-11-5-4-8-13(18-17)15(11)16/h1-10H,(H,18,19). The van der Waals surface area contributed by atoms with Crippen molar-refractivity contribution in [3.63, 3.8) is 0 Å². The highest BCUT2D eigenvalue weighted by Gasteiger charge is 2.24. The van der Waals surface area contributed by atoms with Crippen LogP contribution in [0.4, 0.5) is 5.69 Å². The molecule has 0 bridgehead atoms. The smallest absolute Gasteiger partial charge is 0.257 e. The fraction of sp³-hybridized carbons (Fsp3) is 0. The van der Waals surface area contributed by atoms with E-state index in [0.29, 0.717) is 0 Å². The first-order valence-corrected chi connectivity index (χ1v) is 7.24. The molecule has 2 nitrogen and oxygen atoms in total. The van der Waals surface area contributed by atoms with E-state index in [4.69, 9.17) is 0 Å². The van der Waals surface area contributed by atoms with Gasteiger partial charge in [-0.15, -0.1) is 0 Å². The molecule has 1 aliphatic rings. The van der Waals surface area contributed by atoms with Crippen molar-refractivity contribution in [1.29, 1.82) is 0 Å². The summed E-state index contributed by atoms with van der Waals surface area (Å²) < 4.78 is 0. The molecule has 1 N–H and O–H groups in total. The largest absolute Gasteiger partial charge is 0.321 e. The van der Waals surface area contributed by atoms with Crippen molar-refractivity contribution < 1.29 is 4.79 Å². The van der Waals surface area contributed by atoms with Crippen LogP contribution in [-0.2, 0) is 0 Å². The van der Waals surface area contributed by atoms with E-state index in [-0.39, 0.29) is 5.91 Å². The zero-order valence-corrected chi connectivity index (χ0v) is 11.4. The highest BCUT2D eigenvalue weighted by molar-refractivity contribution is 7.99. The average molecular weight is 277 g/mol. The van der Waals surface area contributed by atoms with Crippen molar-refractivity contribution >= 4 is 34.1 Å². The number of benzene rings is 3. The van der Waals surface area contributed by atoms with E-state index in [9.17, 15) is 4.79 Å². The molecule has 1 amide bonds. The number of hydrogen-bond donors (Lipinski definition) is 1. The van der Waals surface area contributed by atoms with E-state index in [2.05, 4.69) is 23.5 Å². The highest BCUT2D eigenvalue weighted by Crippen LogP contribution is 2.40. The van der Waals surface area contributed by atoms with Crippen LogP contribution in [-0.4, -0.2) is 5.91 Å². The topological polar surface area (TPSA) is 29.1 Å². The van der Waals surface area contributed by atoms with Gasteiger partial charge in [-0.05, 0) is 29.7 Å². The number of nitrogens with one attached hydrogen (secondary N) is 1. The number of carbonyl (C=O) groups excluding carboxylic acids is 1. The highest BCUT2D eigenvalue weighted by atomic mass is 32.2. The Labute approximate surface area is 120 Å². The first-order valence-electron chi connectivity index (χ1n) is 6.43. The Bertz CT molecular complexity index is 827. The van der Waals surface area contributed by atoms with Gasteiger partial charge in [0.2, 0.25) is 0 Å². The SMILES string of the molecule is O=C1Nc2cccc3ccc(Sc4ccccc4)c1c23. The fourth-order valence-electron chi connectivity index (χ4n) is 2.58. The first kappa shape index (κ1) is 11.6. The predicted octanol–water partition coefficient (Wildman–Crippen LogP) is 4.56. The van der Waals surface area contributed by atoms with Crippen LogP contribution < -0.4 is 5.32 Å². The molecule has 3 heteroatoms. The molecular weight excluding hydrogens is 266 g/mol. The molecule has 0 radical (unpaired) electrons. The van der Waals surface area contributed by atoms with E-state index < -0.39 is 0 Å². The monoisotopic (exact) mass is 277 g/mol. The Morgan fingerprint density at radius 3 is 2.55 bits per heavy atom. The minimum Gasteiger partial charge on any atom is -0.321 e. The summed E-state index contributed by atoms with van der Waals surface area (Å²) in [4.78, 5) is 14.4. The third-order valence-electron chi connectivity index (χ3n) is 3.45. The molecule has 3 aromatic rings. The number of carbonyl (C=O) groups is 1. The molecule has 0 spiro atoms. The van der Waals surface area contributed by atoms with Crippen molar-refractivity contribution in [2.24, 2.45) is 0 Å². The molecule has 20 heavy (non-hydrogen) atoms. The number of hydrogen-bond acceptors (Lipinski definition) is 2. The minimum atomic E-state index is -0.00442. The van der Waals surface area contributed by atoms with Gasteiger partial charge >= 0.3 is 0 Å². The second-order valence-corrected chi connectivity index (χ2v) is 5.83. The molecule has 4 rings (SSSR count). The van der Waals surface area contributed by atoms with Gasteiger partial charge in [0.25, 0.3) is 5.91 Å². The van der Waals surface area contributed by atoms with E-state index in [1.165, 1.54) is 0 Å². The summed E-state index contributed by atoms with van der Waals surface area (Å²) >= 11 is 1.63. The zero-order chi connectivity index (χ0) is 13.5. The lowest BCUT2D eigenvalue weighted by Crippen LogP contribution is -2.05. The average Bonchev–Trinajstić information content (AvgIpc) is 2.82.